The molecule has 0 spiro atoms. The lowest BCUT2D eigenvalue weighted by Gasteiger charge is -2.50. The molecule has 204 valence electrons. The molecule has 38 heavy (non-hydrogen) atoms. The zero-order valence-electron chi connectivity index (χ0n) is 21.4. The number of aromatic hydroxyl groups is 1. The maximum Gasteiger partial charge on any atom is 0.255 e. The second kappa shape index (κ2) is 8.89. The molecular weight excluding hydrogens is 497 g/mol. The molecule has 0 aliphatic heterocycles. The van der Waals surface area contributed by atoms with E-state index in [1.807, 2.05) is 6.92 Å². The maximum absolute atomic E-state index is 15.7. The van der Waals surface area contributed by atoms with Crippen molar-refractivity contribution in [1.82, 2.24) is 10.2 Å². The van der Waals surface area contributed by atoms with Crippen LogP contribution in [0.4, 0.5) is 4.39 Å². The summed E-state index contributed by atoms with van der Waals surface area (Å²) in [5.41, 5.74) is 1.29. The van der Waals surface area contributed by atoms with Crippen LogP contribution in [-0.2, 0) is 22.6 Å². The molecule has 0 aromatic heterocycles. The average molecular weight is 530 g/mol. The Labute approximate surface area is 218 Å². The number of rotatable bonds is 6. The fraction of sp³-hybridized carbons (Fsp3) is 0.519. The number of phenolic OH excluding ortho intramolecular Hbond substituents is 1. The molecule has 1 fully saturated rings. The number of Topliss-reactive ketones (excluding diaryl/α,β-unsaturated/α-hetero) is 2. The third-order valence-corrected chi connectivity index (χ3v) is 8.67. The van der Waals surface area contributed by atoms with E-state index >= 15 is 4.39 Å². The number of aliphatic hydroxyl groups is 3. The summed E-state index contributed by atoms with van der Waals surface area (Å²) in [6, 6.07) is 0.254. The molecule has 0 heterocycles. The van der Waals surface area contributed by atoms with Crippen molar-refractivity contribution in [3.8, 4) is 5.75 Å². The van der Waals surface area contributed by atoms with E-state index in [1.165, 1.54) is 11.0 Å². The van der Waals surface area contributed by atoms with Gasteiger partial charge in [-0.2, -0.15) is 0 Å². The topological polar surface area (TPSA) is 173 Å². The number of carbonyl (C=O) groups excluding carboxylic acids is 3. The number of hydrogen-bond donors (Lipinski definition) is 6. The molecule has 11 heteroatoms. The van der Waals surface area contributed by atoms with E-state index in [1.54, 1.807) is 14.1 Å². The number of primary amides is 1. The van der Waals surface area contributed by atoms with E-state index in [0.717, 1.165) is 12.8 Å². The van der Waals surface area contributed by atoms with Crippen molar-refractivity contribution in [3.63, 3.8) is 0 Å². The first-order valence-electron chi connectivity index (χ1n) is 12.7. The fourth-order valence-electron chi connectivity index (χ4n) is 6.52. The second-order valence-electron chi connectivity index (χ2n) is 11.2. The molecular formula is C27H32FN3O7. The van der Waals surface area contributed by atoms with E-state index in [9.17, 15) is 34.8 Å². The summed E-state index contributed by atoms with van der Waals surface area (Å²) in [5, 5.41) is 47.7. The number of amides is 1. The third kappa shape index (κ3) is 3.67. The lowest BCUT2D eigenvalue weighted by atomic mass is 9.58. The van der Waals surface area contributed by atoms with Gasteiger partial charge in [0, 0.05) is 35.2 Å². The van der Waals surface area contributed by atoms with Gasteiger partial charge in [0.15, 0.2) is 11.4 Å². The molecule has 10 nitrogen and oxygen atoms in total. The lowest BCUT2D eigenvalue weighted by molar-refractivity contribution is -0.148. The number of hydrogen-bond acceptors (Lipinski definition) is 9. The average Bonchev–Trinajstić information content (AvgIpc) is 3.67. The highest BCUT2D eigenvalue weighted by Crippen LogP contribution is 2.52. The van der Waals surface area contributed by atoms with Crippen LogP contribution in [0, 0.1) is 23.6 Å². The lowest BCUT2D eigenvalue weighted by Crippen LogP contribution is -2.63. The molecule has 1 saturated carbocycles. The van der Waals surface area contributed by atoms with E-state index in [4.69, 9.17) is 5.73 Å². The maximum atomic E-state index is 15.7. The first-order valence-corrected chi connectivity index (χ1v) is 12.7. The Hall–Kier alpha value is -3.28. The molecule has 4 aliphatic carbocycles. The Morgan fingerprint density at radius 1 is 1.26 bits per heavy atom. The van der Waals surface area contributed by atoms with Gasteiger partial charge in [-0.05, 0) is 64.6 Å². The second-order valence-corrected chi connectivity index (χ2v) is 11.2. The van der Waals surface area contributed by atoms with Gasteiger partial charge in [-0.25, -0.2) is 4.39 Å². The third-order valence-electron chi connectivity index (χ3n) is 8.67. The van der Waals surface area contributed by atoms with E-state index in [0.29, 0.717) is 5.92 Å². The van der Waals surface area contributed by atoms with Gasteiger partial charge in [0.1, 0.15) is 28.7 Å². The molecule has 0 bridgehead atoms. The zero-order valence-corrected chi connectivity index (χ0v) is 21.4. The fourth-order valence-corrected chi connectivity index (χ4v) is 6.52. The van der Waals surface area contributed by atoms with Gasteiger partial charge < -0.3 is 31.5 Å². The van der Waals surface area contributed by atoms with Crippen molar-refractivity contribution in [3.05, 3.63) is 51.2 Å². The highest BCUT2D eigenvalue weighted by Gasteiger charge is 2.63. The zero-order chi connectivity index (χ0) is 27.8. The van der Waals surface area contributed by atoms with Crippen molar-refractivity contribution >= 4 is 17.5 Å². The quantitative estimate of drug-likeness (QED) is 0.296. The number of likely N-dealkylation sites (N-methyl/N-ethyl adjacent to an activating group) is 1. The number of fused-ring (bicyclic) bond motifs is 3. The molecule has 7 N–H and O–H groups in total. The summed E-state index contributed by atoms with van der Waals surface area (Å²) in [5.74, 6) is -7.67. The molecule has 5 rings (SSSR count). The highest BCUT2D eigenvalue weighted by atomic mass is 19.1. The van der Waals surface area contributed by atoms with Gasteiger partial charge in [0.2, 0.25) is 5.78 Å². The Morgan fingerprint density at radius 2 is 1.92 bits per heavy atom. The number of nitrogens with one attached hydrogen (secondary N) is 1. The molecule has 0 unspecified atom stereocenters. The Balaban J connectivity index is 1.60. The van der Waals surface area contributed by atoms with E-state index in [-0.39, 0.29) is 47.7 Å². The minimum Gasteiger partial charge on any atom is -0.510 e. The SMILES string of the molecule is C[C@@H](NCc1cc(O)c2c(c1F)C[C@H]1C[C@H]3[C@H](N(C)C)C(O)=C(C(N)=O)C(=O)[C@@]3(O)C(O)=C1C2=O)C1CC1. The van der Waals surface area contributed by atoms with Crippen LogP contribution in [0.25, 0.3) is 0 Å². The first-order chi connectivity index (χ1) is 17.8. The number of aliphatic hydroxyl groups excluding tert-OH is 2. The monoisotopic (exact) mass is 529 g/mol. The molecule has 1 aromatic rings. The Kier molecular flexibility index (Phi) is 6.16. The normalized spacial score (nSPS) is 29.8. The van der Waals surface area contributed by atoms with Gasteiger partial charge in [-0.3, -0.25) is 19.3 Å². The Bertz CT molecular complexity index is 1330. The highest BCUT2D eigenvalue weighted by molar-refractivity contribution is 6.24. The molecule has 4 aliphatic rings. The number of nitrogens with zero attached hydrogens (tertiary/aromatic N) is 1. The van der Waals surface area contributed by atoms with Crippen LogP contribution in [0.1, 0.15) is 47.7 Å². The number of allylic oxidation sites excluding steroid dienone is 1. The first kappa shape index (κ1) is 26.3. The van der Waals surface area contributed by atoms with E-state index in [2.05, 4.69) is 5.32 Å². The number of benzene rings is 1. The minimum absolute atomic E-state index is 0.000933. The van der Waals surface area contributed by atoms with Gasteiger partial charge in [-0.15, -0.1) is 0 Å². The Morgan fingerprint density at radius 3 is 2.50 bits per heavy atom. The van der Waals surface area contributed by atoms with Crippen LogP contribution >= 0.6 is 0 Å². The summed E-state index contributed by atoms with van der Waals surface area (Å²) < 4.78 is 15.7. The van der Waals surface area contributed by atoms with Gasteiger partial charge in [0.05, 0.1) is 11.6 Å². The minimum atomic E-state index is -2.72. The largest absolute Gasteiger partial charge is 0.510 e. The summed E-state index contributed by atoms with van der Waals surface area (Å²) in [6.45, 7) is 2.17. The van der Waals surface area contributed by atoms with Crippen LogP contribution in [-0.4, -0.2) is 74.6 Å². The van der Waals surface area contributed by atoms with Gasteiger partial charge in [0.25, 0.3) is 5.91 Å². The summed E-state index contributed by atoms with van der Waals surface area (Å²) in [7, 11) is 3.10. The van der Waals surface area contributed by atoms with Crippen LogP contribution in [0.2, 0.25) is 0 Å². The summed E-state index contributed by atoms with van der Waals surface area (Å²) >= 11 is 0. The molecule has 0 radical (unpaired) electrons. The molecule has 1 aromatic carbocycles. The standard InChI is InChI=1S/C27H32FN3O7/c1-10(11-4-5-11)30-9-13-8-16(32)18-14(20(13)28)6-12-7-15-21(31(2)3)23(34)19(26(29)37)25(36)27(15,38)24(35)17(12)22(18)33/h8,10-12,15,21,30,32,34-35,38H,4-7,9H2,1-3H3,(H2,29,37)/t10-,12+,15+,21+,27+/m1/s1. The predicted molar refractivity (Wildman–Crippen MR) is 133 cm³/mol. The van der Waals surface area contributed by atoms with Crippen LogP contribution in [0.3, 0.4) is 0 Å². The molecule has 5 atom stereocenters. The number of phenols is 1. The van der Waals surface area contributed by atoms with Crippen molar-refractivity contribution in [2.24, 2.45) is 23.5 Å². The van der Waals surface area contributed by atoms with E-state index < -0.39 is 69.6 Å². The van der Waals surface area contributed by atoms with Crippen molar-refractivity contribution in [2.75, 3.05) is 14.1 Å². The smallest absolute Gasteiger partial charge is 0.255 e. The summed E-state index contributed by atoms with van der Waals surface area (Å²) in [6.07, 6.45) is 2.04. The van der Waals surface area contributed by atoms with Gasteiger partial charge >= 0.3 is 0 Å². The molecule has 1 amide bonds. The number of carbonyl (C=O) groups is 3. The predicted octanol–water partition coefficient (Wildman–Crippen LogP) is 1.15. The molecule has 0 saturated heterocycles. The summed E-state index contributed by atoms with van der Waals surface area (Å²) in [4.78, 5) is 40.4. The van der Waals surface area contributed by atoms with Gasteiger partial charge in [-0.1, -0.05) is 0 Å². The van der Waals surface area contributed by atoms with Crippen LogP contribution in [0.15, 0.2) is 28.7 Å². The van der Waals surface area contributed by atoms with Crippen molar-refractivity contribution in [1.29, 1.82) is 0 Å². The van der Waals surface area contributed by atoms with Crippen molar-refractivity contribution in [2.45, 2.75) is 56.8 Å². The number of ketones is 2. The van der Waals surface area contributed by atoms with Crippen molar-refractivity contribution < 1.29 is 39.2 Å². The van der Waals surface area contributed by atoms with Crippen LogP contribution < -0.4 is 11.1 Å². The number of nitrogens with two attached hydrogens (primary N) is 1. The number of halogens is 1. The van der Waals surface area contributed by atoms with Crippen LogP contribution in [0.5, 0.6) is 5.75 Å².